The summed E-state index contributed by atoms with van der Waals surface area (Å²) in [5, 5.41) is 0. The highest BCUT2D eigenvalue weighted by atomic mass is 35.5. The highest BCUT2D eigenvalue weighted by molar-refractivity contribution is 6.18. The normalized spacial score (nSPS) is 11.9. The molecule has 96 valence electrons. The van der Waals surface area contributed by atoms with Crippen molar-refractivity contribution in [1.82, 2.24) is 0 Å². The van der Waals surface area contributed by atoms with Crippen LogP contribution in [0.2, 0.25) is 0 Å². The van der Waals surface area contributed by atoms with Gasteiger partial charge < -0.3 is 4.90 Å². The van der Waals surface area contributed by atoms with Gasteiger partial charge in [0.2, 0.25) is 0 Å². The van der Waals surface area contributed by atoms with Gasteiger partial charge in [-0.15, -0.1) is 11.6 Å². The molecule has 0 aromatic heterocycles. The van der Waals surface area contributed by atoms with Crippen LogP contribution in [0, 0.1) is 0 Å². The van der Waals surface area contributed by atoms with Gasteiger partial charge in [-0.05, 0) is 26.0 Å². The van der Waals surface area contributed by atoms with E-state index < -0.39 is 11.7 Å². The Bertz CT molecular complexity index is 363. The highest BCUT2D eigenvalue weighted by Crippen LogP contribution is 2.36. The number of halogens is 4. The van der Waals surface area contributed by atoms with Crippen LogP contribution in [-0.2, 0) is 6.18 Å². The molecule has 1 aromatic carbocycles. The van der Waals surface area contributed by atoms with E-state index in [-0.39, 0.29) is 11.7 Å². The van der Waals surface area contributed by atoms with Crippen molar-refractivity contribution in [1.29, 1.82) is 0 Å². The number of rotatable bonds is 4. The largest absolute Gasteiger partial charge is 0.418 e. The van der Waals surface area contributed by atoms with Crippen molar-refractivity contribution in [2.45, 2.75) is 26.1 Å². The lowest BCUT2D eigenvalue weighted by atomic mass is 10.1. The summed E-state index contributed by atoms with van der Waals surface area (Å²) < 4.78 is 38.6. The van der Waals surface area contributed by atoms with Gasteiger partial charge in [-0.25, -0.2) is 0 Å². The standard InChI is InChI=1S/C12H15ClF3N/c1-9(2)17(8-7-13)11-6-4-3-5-10(11)12(14,15)16/h3-6,9H,7-8H2,1-2H3. The first-order valence-electron chi connectivity index (χ1n) is 5.36. The molecule has 0 radical (unpaired) electrons. The van der Waals surface area contributed by atoms with Crippen LogP contribution in [-0.4, -0.2) is 18.5 Å². The Kier molecular flexibility index (Phi) is 4.69. The van der Waals surface area contributed by atoms with Gasteiger partial charge in [0.25, 0.3) is 0 Å². The van der Waals surface area contributed by atoms with Crippen LogP contribution in [0.25, 0.3) is 0 Å². The molecule has 0 aliphatic carbocycles. The fourth-order valence-electron chi connectivity index (χ4n) is 1.71. The molecule has 1 nitrogen and oxygen atoms in total. The minimum atomic E-state index is -4.34. The first kappa shape index (κ1) is 14.2. The number of hydrogen-bond acceptors (Lipinski definition) is 1. The van der Waals surface area contributed by atoms with Gasteiger partial charge in [0, 0.05) is 24.2 Å². The summed E-state index contributed by atoms with van der Waals surface area (Å²) >= 11 is 5.63. The lowest BCUT2D eigenvalue weighted by molar-refractivity contribution is -0.137. The zero-order valence-corrected chi connectivity index (χ0v) is 10.5. The molecule has 0 saturated heterocycles. The summed E-state index contributed by atoms with van der Waals surface area (Å²) in [6, 6.07) is 5.55. The maximum atomic E-state index is 12.9. The molecule has 0 aliphatic heterocycles. The Hall–Kier alpha value is -0.900. The zero-order chi connectivity index (χ0) is 13.1. The van der Waals surface area contributed by atoms with Crippen LogP contribution in [0.3, 0.4) is 0 Å². The summed E-state index contributed by atoms with van der Waals surface area (Å²) in [6.45, 7) is 4.09. The second kappa shape index (κ2) is 5.63. The van der Waals surface area contributed by atoms with Gasteiger partial charge in [0.15, 0.2) is 0 Å². The van der Waals surface area contributed by atoms with Crippen molar-refractivity contribution in [2.75, 3.05) is 17.3 Å². The van der Waals surface area contributed by atoms with Crippen LogP contribution >= 0.6 is 11.6 Å². The molecule has 0 heterocycles. The van der Waals surface area contributed by atoms with E-state index in [1.807, 2.05) is 13.8 Å². The molecule has 0 spiro atoms. The molecule has 17 heavy (non-hydrogen) atoms. The first-order valence-corrected chi connectivity index (χ1v) is 5.90. The molecule has 1 rings (SSSR count). The van der Waals surface area contributed by atoms with Crippen molar-refractivity contribution in [3.8, 4) is 0 Å². The van der Waals surface area contributed by atoms with Crippen LogP contribution < -0.4 is 4.90 Å². The molecule has 1 aromatic rings. The number of benzene rings is 1. The Morgan fingerprint density at radius 3 is 2.29 bits per heavy atom. The molecule has 5 heteroatoms. The average Bonchev–Trinajstić information content (AvgIpc) is 2.24. The number of para-hydroxylation sites is 1. The Labute approximate surface area is 104 Å². The molecule has 0 aliphatic rings. The summed E-state index contributed by atoms with van der Waals surface area (Å²) in [5.41, 5.74) is -0.422. The summed E-state index contributed by atoms with van der Waals surface area (Å²) in [6.07, 6.45) is -4.34. The number of alkyl halides is 4. The maximum absolute atomic E-state index is 12.9. The number of anilines is 1. The minimum absolute atomic E-state index is 0.0303. The topological polar surface area (TPSA) is 3.24 Å². The van der Waals surface area contributed by atoms with Crippen LogP contribution in [0.5, 0.6) is 0 Å². The minimum Gasteiger partial charge on any atom is -0.367 e. The van der Waals surface area contributed by atoms with Gasteiger partial charge in [0.05, 0.1) is 5.56 Å². The third-order valence-electron chi connectivity index (χ3n) is 2.47. The fraction of sp³-hybridized carbons (Fsp3) is 0.500. The molecule has 0 atom stereocenters. The molecule has 0 amide bonds. The lowest BCUT2D eigenvalue weighted by Gasteiger charge is -2.30. The van der Waals surface area contributed by atoms with Crippen LogP contribution in [0.15, 0.2) is 24.3 Å². The summed E-state index contributed by atoms with van der Waals surface area (Å²) in [5.74, 6) is 0.296. The van der Waals surface area contributed by atoms with Gasteiger partial charge in [0.1, 0.15) is 0 Å². The van der Waals surface area contributed by atoms with Crippen molar-refractivity contribution in [3.63, 3.8) is 0 Å². The number of hydrogen-bond donors (Lipinski definition) is 0. The van der Waals surface area contributed by atoms with E-state index in [0.29, 0.717) is 12.4 Å². The van der Waals surface area contributed by atoms with Crippen molar-refractivity contribution < 1.29 is 13.2 Å². The van der Waals surface area contributed by atoms with E-state index in [0.717, 1.165) is 6.07 Å². The third kappa shape index (κ3) is 3.53. The van der Waals surface area contributed by atoms with Crippen molar-refractivity contribution >= 4 is 17.3 Å². The number of nitrogens with zero attached hydrogens (tertiary/aromatic N) is 1. The SMILES string of the molecule is CC(C)N(CCCl)c1ccccc1C(F)(F)F. The monoisotopic (exact) mass is 265 g/mol. The molecule has 0 fully saturated rings. The summed E-state index contributed by atoms with van der Waals surface area (Å²) in [4.78, 5) is 1.66. The van der Waals surface area contributed by atoms with Crippen LogP contribution in [0.1, 0.15) is 19.4 Å². The van der Waals surface area contributed by atoms with Gasteiger partial charge >= 0.3 is 6.18 Å². The van der Waals surface area contributed by atoms with Crippen molar-refractivity contribution in [2.24, 2.45) is 0 Å². The average molecular weight is 266 g/mol. The van der Waals surface area contributed by atoms with Crippen LogP contribution in [0.4, 0.5) is 18.9 Å². The Balaban J connectivity index is 3.19. The Morgan fingerprint density at radius 2 is 1.82 bits per heavy atom. The molecular weight excluding hydrogens is 251 g/mol. The second-order valence-electron chi connectivity index (χ2n) is 3.99. The highest BCUT2D eigenvalue weighted by Gasteiger charge is 2.34. The smallest absolute Gasteiger partial charge is 0.367 e. The molecule has 0 N–H and O–H groups in total. The molecule has 0 bridgehead atoms. The predicted molar refractivity (Wildman–Crippen MR) is 64.6 cm³/mol. The fourth-order valence-corrected chi connectivity index (χ4v) is 1.89. The van der Waals surface area contributed by atoms with E-state index in [1.165, 1.54) is 12.1 Å². The predicted octanol–water partition coefficient (Wildman–Crippen LogP) is 4.16. The van der Waals surface area contributed by atoms with E-state index >= 15 is 0 Å². The maximum Gasteiger partial charge on any atom is 0.418 e. The quantitative estimate of drug-likeness (QED) is 0.739. The van der Waals surface area contributed by atoms with E-state index in [9.17, 15) is 13.2 Å². The van der Waals surface area contributed by atoms with Gasteiger partial charge in [-0.3, -0.25) is 0 Å². The third-order valence-corrected chi connectivity index (χ3v) is 2.64. The summed E-state index contributed by atoms with van der Waals surface area (Å²) in [7, 11) is 0. The molecule has 0 saturated carbocycles. The van der Waals surface area contributed by atoms with Crippen molar-refractivity contribution in [3.05, 3.63) is 29.8 Å². The van der Waals surface area contributed by atoms with E-state index in [2.05, 4.69) is 0 Å². The zero-order valence-electron chi connectivity index (χ0n) is 9.76. The van der Waals surface area contributed by atoms with Gasteiger partial charge in [-0.2, -0.15) is 13.2 Å². The van der Waals surface area contributed by atoms with E-state index in [1.54, 1.807) is 11.0 Å². The lowest BCUT2D eigenvalue weighted by Crippen LogP contribution is -2.34. The van der Waals surface area contributed by atoms with Gasteiger partial charge in [-0.1, -0.05) is 12.1 Å². The Morgan fingerprint density at radius 1 is 1.24 bits per heavy atom. The molecule has 0 unspecified atom stereocenters. The first-order chi connectivity index (χ1) is 7.88. The second-order valence-corrected chi connectivity index (χ2v) is 4.37. The molecular formula is C12H15ClF3N. The van der Waals surface area contributed by atoms with E-state index in [4.69, 9.17) is 11.6 Å².